The van der Waals surface area contributed by atoms with E-state index in [1.165, 1.54) is 4.90 Å². The van der Waals surface area contributed by atoms with Crippen molar-refractivity contribution in [2.45, 2.75) is 39.7 Å². The van der Waals surface area contributed by atoms with Crippen molar-refractivity contribution in [1.82, 2.24) is 4.90 Å². The fourth-order valence-corrected chi connectivity index (χ4v) is 1.69. The lowest BCUT2D eigenvalue weighted by Gasteiger charge is -2.31. The molecule has 1 atom stereocenters. The Morgan fingerprint density at radius 3 is 2.36 bits per heavy atom. The minimum Gasteiger partial charge on any atom is -0.548 e. The Hall–Kier alpha value is -1.06. The molecule has 0 bridgehead atoms. The van der Waals surface area contributed by atoms with Gasteiger partial charge in [0.1, 0.15) is 0 Å². The molecule has 4 heteroatoms. The molecule has 1 amide bonds. The van der Waals surface area contributed by atoms with E-state index in [1.807, 2.05) is 0 Å². The highest BCUT2D eigenvalue weighted by molar-refractivity contribution is 5.86. The van der Waals surface area contributed by atoms with Gasteiger partial charge in [-0.25, -0.2) is 0 Å². The molecule has 1 saturated heterocycles. The normalized spacial score (nSPS) is 22.5. The SMILES string of the molecule is CC(C)(C)C(=O)N1CCC[C@@H]1C(=O)[O-]. The zero-order valence-corrected chi connectivity index (χ0v) is 8.87. The topological polar surface area (TPSA) is 60.4 Å². The van der Waals surface area contributed by atoms with E-state index < -0.39 is 17.4 Å². The largest absolute Gasteiger partial charge is 0.548 e. The highest BCUT2D eigenvalue weighted by atomic mass is 16.4. The molecule has 1 fully saturated rings. The summed E-state index contributed by atoms with van der Waals surface area (Å²) in [5.74, 6) is -1.25. The Bertz CT molecular complexity index is 255. The molecule has 0 N–H and O–H groups in total. The molecule has 0 aromatic carbocycles. The maximum atomic E-state index is 11.8. The van der Waals surface area contributed by atoms with Crippen molar-refractivity contribution in [3.8, 4) is 0 Å². The molecule has 80 valence electrons. The van der Waals surface area contributed by atoms with Crippen molar-refractivity contribution in [2.75, 3.05) is 6.54 Å². The smallest absolute Gasteiger partial charge is 0.228 e. The summed E-state index contributed by atoms with van der Waals surface area (Å²) < 4.78 is 0. The van der Waals surface area contributed by atoms with Gasteiger partial charge in [-0.1, -0.05) is 20.8 Å². The van der Waals surface area contributed by atoms with Crippen LogP contribution in [0.3, 0.4) is 0 Å². The lowest BCUT2D eigenvalue weighted by Crippen LogP contribution is -2.50. The highest BCUT2D eigenvalue weighted by Gasteiger charge is 2.35. The van der Waals surface area contributed by atoms with Gasteiger partial charge in [0.15, 0.2) is 0 Å². The van der Waals surface area contributed by atoms with Crippen LogP contribution >= 0.6 is 0 Å². The number of carbonyl (C=O) groups is 2. The second-order valence-electron chi connectivity index (χ2n) is 4.73. The van der Waals surface area contributed by atoms with Gasteiger partial charge in [-0.05, 0) is 12.8 Å². The Morgan fingerprint density at radius 2 is 1.93 bits per heavy atom. The van der Waals surface area contributed by atoms with E-state index in [0.29, 0.717) is 13.0 Å². The molecule has 1 aliphatic heterocycles. The number of carbonyl (C=O) groups excluding carboxylic acids is 2. The van der Waals surface area contributed by atoms with Crippen LogP contribution in [-0.2, 0) is 9.59 Å². The van der Waals surface area contributed by atoms with Gasteiger partial charge < -0.3 is 14.8 Å². The van der Waals surface area contributed by atoms with E-state index in [1.54, 1.807) is 20.8 Å². The number of likely N-dealkylation sites (tertiary alicyclic amines) is 1. The Kier molecular flexibility index (Phi) is 2.83. The molecule has 4 nitrogen and oxygen atoms in total. The molecule has 14 heavy (non-hydrogen) atoms. The van der Waals surface area contributed by atoms with Crippen LogP contribution < -0.4 is 5.11 Å². The van der Waals surface area contributed by atoms with Gasteiger partial charge in [-0.2, -0.15) is 0 Å². The number of amides is 1. The zero-order valence-electron chi connectivity index (χ0n) is 8.87. The minimum absolute atomic E-state index is 0.107. The summed E-state index contributed by atoms with van der Waals surface area (Å²) in [6, 6.07) is -0.721. The molecule has 0 aliphatic carbocycles. The number of carboxylic acids is 1. The van der Waals surface area contributed by atoms with Gasteiger partial charge in [-0.3, -0.25) is 4.79 Å². The molecule has 0 unspecified atom stereocenters. The number of hydrogen-bond donors (Lipinski definition) is 0. The van der Waals surface area contributed by atoms with Crippen molar-refractivity contribution in [3.05, 3.63) is 0 Å². The fourth-order valence-electron chi connectivity index (χ4n) is 1.69. The molecule has 0 radical (unpaired) electrons. The fraction of sp³-hybridized carbons (Fsp3) is 0.800. The molecule has 0 saturated carbocycles. The molecule has 0 aromatic rings. The first-order valence-corrected chi connectivity index (χ1v) is 4.86. The Labute approximate surface area is 83.9 Å². The van der Waals surface area contributed by atoms with E-state index >= 15 is 0 Å². The van der Waals surface area contributed by atoms with E-state index in [-0.39, 0.29) is 5.91 Å². The van der Waals surface area contributed by atoms with E-state index in [2.05, 4.69) is 0 Å². The van der Waals surface area contributed by atoms with Gasteiger partial charge in [0.2, 0.25) is 5.91 Å². The van der Waals surface area contributed by atoms with Crippen LogP contribution in [0.5, 0.6) is 0 Å². The molecule has 1 aliphatic rings. The van der Waals surface area contributed by atoms with Crippen molar-refractivity contribution in [2.24, 2.45) is 5.41 Å². The number of aliphatic carboxylic acids is 1. The standard InChI is InChI=1S/C10H17NO3/c1-10(2,3)9(14)11-6-4-5-7(11)8(12)13/h7H,4-6H2,1-3H3,(H,12,13)/p-1/t7-/m1/s1. The zero-order chi connectivity index (χ0) is 10.9. The van der Waals surface area contributed by atoms with Crippen LogP contribution in [-0.4, -0.2) is 29.4 Å². The Balaban J connectivity index is 2.77. The predicted molar refractivity (Wildman–Crippen MR) is 49.2 cm³/mol. The average Bonchev–Trinajstić information content (AvgIpc) is 2.48. The summed E-state index contributed by atoms with van der Waals surface area (Å²) in [5, 5.41) is 10.7. The van der Waals surface area contributed by atoms with Crippen LogP contribution in [0, 0.1) is 5.41 Å². The molecular formula is C10H16NO3-. The van der Waals surface area contributed by atoms with Crippen LogP contribution in [0.15, 0.2) is 0 Å². The summed E-state index contributed by atoms with van der Waals surface area (Å²) in [5.41, 5.74) is -0.516. The molecule has 0 aromatic heterocycles. The van der Waals surface area contributed by atoms with Crippen molar-refractivity contribution < 1.29 is 14.7 Å². The lowest BCUT2D eigenvalue weighted by molar-refractivity contribution is -0.310. The summed E-state index contributed by atoms with van der Waals surface area (Å²) in [4.78, 5) is 24.0. The molecule has 1 heterocycles. The molecule has 1 rings (SSSR count). The molecular weight excluding hydrogens is 182 g/mol. The van der Waals surface area contributed by atoms with Crippen molar-refractivity contribution in [1.29, 1.82) is 0 Å². The quantitative estimate of drug-likeness (QED) is 0.585. The molecule has 0 spiro atoms. The number of hydrogen-bond acceptors (Lipinski definition) is 3. The average molecular weight is 198 g/mol. The Morgan fingerprint density at radius 1 is 1.36 bits per heavy atom. The van der Waals surface area contributed by atoms with E-state index in [9.17, 15) is 14.7 Å². The second-order valence-corrected chi connectivity index (χ2v) is 4.73. The van der Waals surface area contributed by atoms with Crippen LogP contribution in [0.1, 0.15) is 33.6 Å². The van der Waals surface area contributed by atoms with Crippen molar-refractivity contribution >= 4 is 11.9 Å². The maximum absolute atomic E-state index is 11.8. The first-order chi connectivity index (χ1) is 6.34. The van der Waals surface area contributed by atoms with Gasteiger partial charge in [-0.15, -0.1) is 0 Å². The van der Waals surface area contributed by atoms with E-state index in [4.69, 9.17) is 0 Å². The van der Waals surface area contributed by atoms with Gasteiger partial charge in [0, 0.05) is 12.0 Å². The highest BCUT2D eigenvalue weighted by Crippen LogP contribution is 2.24. The van der Waals surface area contributed by atoms with Crippen LogP contribution in [0.2, 0.25) is 0 Å². The first kappa shape index (κ1) is 11.0. The third-order valence-corrected chi connectivity index (χ3v) is 2.43. The third kappa shape index (κ3) is 2.05. The maximum Gasteiger partial charge on any atom is 0.228 e. The minimum atomic E-state index is -1.14. The van der Waals surface area contributed by atoms with Crippen LogP contribution in [0.25, 0.3) is 0 Å². The number of carboxylic acid groups (broad SMARTS) is 1. The predicted octanol–water partition coefficient (Wildman–Crippen LogP) is -0.227. The van der Waals surface area contributed by atoms with Crippen molar-refractivity contribution in [3.63, 3.8) is 0 Å². The monoisotopic (exact) mass is 198 g/mol. The number of nitrogens with zero attached hydrogens (tertiary/aromatic N) is 1. The lowest BCUT2D eigenvalue weighted by atomic mass is 9.94. The van der Waals surface area contributed by atoms with Gasteiger partial charge >= 0.3 is 0 Å². The van der Waals surface area contributed by atoms with Gasteiger partial charge in [0.05, 0.1) is 12.0 Å². The first-order valence-electron chi connectivity index (χ1n) is 4.86. The van der Waals surface area contributed by atoms with E-state index in [0.717, 1.165) is 6.42 Å². The summed E-state index contributed by atoms with van der Waals surface area (Å²) in [6.45, 7) is 5.91. The summed E-state index contributed by atoms with van der Waals surface area (Å²) >= 11 is 0. The van der Waals surface area contributed by atoms with Gasteiger partial charge in [0.25, 0.3) is 0 Å². The summed E-state index contributed by atoms with van der Waals surface area (Å²) in [6.07, 6.45) is 1.27. The van der Waals surface area contributed by atoms with Crippen LogP contribution in [0.4, 0.5) is 0 Å². The second kappa shape index (κ2) is 3.59. The number of rotatable bonds is 1. The summed E-state index contributed by atoms with van der Waals surface area (Å²) in [7, 11) is 0. The third-order valence-electron chi connectivity index (χ3n) is 2.43.